The van der Waals surface area contributed by atoms with Crippen molar-refractivity contribution in [1.29, 1.82) is 0 Å². The van der Waals surface area contributed by atoms with Crippen molar-refractivity contribution >= 4 is 23.8 Å². The molecule has 20 heavy (non-hydrogen) atoms. The van der Waals surface area contributed by atoms with E-state index in [9.17, 15) is 22.8 Å². The van der Waals surface area contributed by atoms with Crippen LogP contribution in [0.1, 0.15) is 0 Å². The molecule has 1 aromatic rings. The highest BCUT2D eigenvalue weighted by atomic mass is 19.4. The quantitative estimate of drug-likeness (QED) is 0.616. The fourth-order valence-corrected chi connectivity index (χ4v) is 1.24. The summed E-state index contributed by atoms with van der Waals surface area (Å²) in [5.74, 6) is 0. The Hall–Kier alpha value is -2.29. The van der Waals surface area contributed by atoms with Crippen LogP contribution in [0.4, 0.5) is 29.3 Å². The van der Waals surface area contributed by atoms with E-state index in [1.54, 1.807) is 6.07 Å². The standard InChI is InChI=1S/C11H12F3N3O3/c12-11(13,14)9(19)5-15-10(20)17-8-3-1-2-7(4-8)16-6-18/h1-4,6,9,19H,5H2,(H,16,18)(H2,15,17,20). The third-order valence-corrected chi connectivity index (χ3v) is 2.18. The maximum absolute atomic E-state index is 12.0. The average Bonchev–Trinajstić information content (AvgIpc) is 2.35. The molecule has 0 bridgehead atoms. The predicted molar refractivity (Wildman–Crippen MR) is 65.2 cm³/mol. The van der Waals surface area contributed by atoms with Gasteiger partial charge in [-0.3, -0.25) is 4.79 Å². The number of nitrogens with one attached hydrogen (secondary N) is 3. The number of anilines is 2. The first-order valence-electron chi connectivity index (χ1n) is 5.43. The first kappa shape index (κ1) is 15.8. The van der Waals surface area contributed by atoms with Crippen molar-refractivity contribution in [3.63, 3.8) is 0 Å². The van der Waals surface area contributed by atoms with Crippen molar-refractivity contribution in [2.45, 2.75) is 12.3 Å². The van der Waals surface area contributed by atoms with Crippen LogP contribution in [-0.4, -0.2) is 36.4 Å². The number of hydrogen-bond acceptors (Lipinski definition) is 3. The molecule has 0 aliphatic rings. The molecule has 0 saturated heterocycles. The maximum atomic E-state index is 12.0. The maximum Gasteiger partial charge on any atom is 0.416 e. The molecule has 0 spiro atoms. The predicted octanol–water partition coefficient (Wildman–Crippen LogP) is 1.30. The third-order valence-electron chi connectivity index (χ3n) is 2.18. The Labute approximate surface area is 112 Å². The van der Waals surface area contributed by atoms with Gasteiger partial charge in [-0.25, -0.2) is 4.79 Å². The third kappa shape index (κ3) is 5.14. The van der Waals surface area contributed by atoms with Crippen molar-refractivity contribution < 1.29 is 27.9 Å². The molecule has 0 aliphatic heterocycles. The molecule has 4 N–H and O–H groups in total. The molecule has 110 valence electrons. The van der Waals surface area contributed by atoms with Crippen LogP contribution in [0.5, 0.6) is 0 Å². The van der Waals surface area contributed by atoms with E-state index in [4.69, 9.17) is 5.11 Å². The zero-order chi connectivity index (χ0) is 15.2. The fraction of sp³-hybridized carbons (Fsp3) is 0.273. The van der Waals surface area contributed by atoms with Gasteiger partial charge < -0.3 is 21.1 Å². The van der Waals surface area contributed by atoms with Crippen molar-refractivity contribution in [2.24, 2.45) is 0 Å². The Morgan fingerprint density at radius 3 is 2.60 bits per heavy atom. The second-order valence-electron chi connectivity index (χ2n) is 3.74. The summed E-state index contributed by atoms with van der Waals surface area (Å²) in [7, 11) is 0. The van der Waals surface area contributed by atoms with Gasteiger partial charge in [0.1, 0.15) is 0 Å². The molecule has 0 radical (unpaired) electrons. The van der Waals surface area contributed by atoms with Gasteiger partial charge in [0.15, 0.2) is 6.10 Å². The first-order chi connectivity index (χ1) is 9.32. The van der Waals surface area contributed by atoms with Crippen molar-refractivity contribution in [3.8, 4) is 0 Å². The summed E-state index contributed by atoms with van der Waals surface area (Å²) in [4.78, 5) is 21.6. The largest absolute Gasteiger partial charge is 0.416 e. The van der Waals surface area contributed by atoms with Crippen LogP contribution < -0.4 is 16.0 Å². The lowest BCUT2D eigenvalue weighted by molar-refractivity contribution is -0.201. The minimum atomic E-state index is -4.79. The summed E-state index contributed by atoms with van der Waals surface area (Å²) in [5, 5.41) is 15.2. The Bertz CT molecular complexity index is 479. The highest BCUT2D eigenvalue weighted by Crippen LogP contribution is 2.19. The summed E-state index contributed by atoms with van der Waals surface area (Å²) >= 11 is 0. The van der Waals surface area contributed by atoms with Gasteiger partial charge in [-0.15, -0.1) is 0 Å². The Morgan fingerprint density at radius 2 is 2.00 bits per heavy atom. The summed E-state index contributed by atoms with van der Waals surface area (Å²) < 4.78 is 36.0. The lowest BCUT2D eigenvalue weighted by Crippen LogP contribution is -2.42. The van der Waals surface area contributed by atoms with E-state index in [0.29, 0.717) is 12.1 Å². The molecule has 0 aromatic heterocycles. The van der Waals surface area contributed by atoms with Crippen LogP contribution in [0, 0.1) is 0 Å². The lowest BCUT2D eigenvalue weighted by atomic mass is 10.3. The molecule has 1 rings (SSSR count). The van der Waals surface area contributed by atoms with Crippen LogP contribution >= 0.6 is 0 Å². The molecule has 1 aromatic carbocycles. The number of alkyl halides is 3. The number of halogens is 3. The highest BCUT2D eigenvalue weighted by molar-refractivity contribution is 5.90. The van der Waals surface area contributed by atoms with E-state index in [-0.39, 0.29) is 5.69 Å². The molecule has 0 saturated carbocycles. The number of aliphatic hydroxyl groups excluding tert-OH is 1. The number of rotatable bonds is 5. The minimum absolute atomic E-state index is 0.274. The number of urea groups is 1. The number of carbonyl (C=O) groups excluding carboxylic acids is 2. The number of amides is 3. The van der Waals surface area contributed by atoms with Crippen LogP contribution in [0.2, 0.25) is 0 Å². The van der Waals surface area contributed by atoms with E-state index in [0.717, 1.165) is 0 Å². The van der Waals surface area contributed by atoms with E-state index in [1.807, 2.05) is 5.32 Å². The van der Waals surface area contributed by atoms with Crippen LogP contribution in [0.15, 0.2) is 24.3 Å². The Morgan fingerprint density at radius 1 is 1.35 bits per heavy atom. The van der Waals surface area contributed by atoms with Gasteiger partial charge in [0.25, 0.3) is 0 Å². The molecule has 3 amide bonds. The van der Waals surface area contributed by atoms with Gasteiger partial charge in [-0.2, -0.15) is 13.2 Å². The second-order valence-corrected chi connectivity index (χ2v) is 3.74. The van der Waals surface area contributed by atoms with Crippen molar-refractivity contribution in [2.75, 3.05) is 17.2 Å². The Kier molecular flexibility index (Phi) is 5.32. The zero-order valence-electron chi connectivity index (χ0n) is 10.1. The molecule has 0 heterocycles. The van der Waals surface area contributed by atoms with Crippen LogP contribution in [0.25, 0.3) is 0 Å². The smallest absolute Gasteiger partial charge is 0.382 e. The SMILES string of the molecule is O=CNc1cccc(NC(=O)NCC(O)C(F)(F)F)c1. The van der Waals surface area contributed by atoms with Crippen molar-refractivity contribution in [1.82, 2.24) is 5.32 Å². The lowest BCUT2D eigenvalue weighted by Gasteiger charge is -2.15. The van der Waals surface area contributed by atoms with Gasteiger partial charge in [-0.05, 0) is 18.2 Å². The van der Waals surface area contributed by atoms with E-state index < -0.39 is 24.9 Å². The highest BCUT2D eigenvalue weighted by Gasteiger charge is 2.38. The van der Waals surface area contributed by atoms with Crippen molar-refractivity contribution in [3.05, 3.63) is 24.3 Å². The van der Waals surface area contributed by atoms with E-state index >= 15 is 0 Å². The van der Waals surface area contributed by atoms with E-state index in [1.165, 1.54) is 18.2 Å². The fourth-order valence-electron chi connectivity index (χ4n) is 1.24. The van der Waals surface area contributed by atoms with Crippen LogP contribution in [0.3, 0.4) is 0 Å². The minimum Gasteiger partial charge on any atom is -0.382 e. The van der Waals surface area contributed by atoms with Crippen LogP contribution in [-0.2, 0) is 4.79 Å². The van der Waals surface area contributed by atoms with Gasteiger partial charge in [0.2, 0.25) is 6.41 Å². The van der Waals surface area contributed by atoms with Gasteiger partial charge in [0.05, 0.1) is 6.54 Å². The summed E-state index contributed by atoms with van der Waals surface area (Å²) in [5.41, 5.74) is 0.684. The molecular formula is C11H12F3N3O3. The summed E-state index contributed by atoms with van der Waals surface area (Å²) in [6.07, 6.45) is -6.98. The first-order valence-corrected chi connectivity index (χ1v) is 5.43. The number of aliphatic hydroxyl groups is 1. The topological polar surface area (TPSA) is 90.5 Å². The molecular weight excluding hydrogens is 279 g/mol. The molecule has 6 nitrogen and oxygen atoms in total. The average molecular weight is 291 g/mol. The van der Waals surface area contributed by atoms with Gasteiger partial charge in [0, 0.05) is 11.4 Å². The molecule has 0 aliphatic carbocycles. The van der Waals surface area contributed by atoms with Gasteiger partial charge >= 0.3 is 12.2 Å². The number of carbonyl (C=O) groups is 2. The summed E-state index contributed by atoms with van der Waals surface area (Å²) in [6.45, 7) is -0.957. The Balaban J connectivity index is 2.50. The van der Waals surface area contributed by atoms with Gasteiger partial charge in [-0.1, -0.05) is 6.07 Å². The zero-order valence-corrected chi connectivity index (χ0v) is 10.1. The van der Waals surface area contributed by atoms with E-state index in [2.05, 4.69) is 10.6 Å². The number of benzene rings is 1. The molecule has 9 heteroatoms. The summed E-state index contributed by atoms with van der Waals surface area (Å²) in [6, 6.07) is 5.08. The monoisotopic (exact) mass is 291 g/mol. The molecule has 0 fully saturated rings. The molecule has 1 unspecified atom stereocenters. The molecule has 1 atom stereocenters. The number of hydrogen-bond donors (Lipinski definition) is 4. The normalized spacial score (nSPS) is 12.4. The second kappa shape index (κ2) is 6.75.